The fraction of sp³-hybridized carbons (Fsp3) is 0.273. The van der Waals surface area contributed by atoms with Crippen molar-refractivity contribution >= 4 is 11.9 Å². The second kappa shape index (κ2) is 4.47. The van der Waals surface area contributed by atoms with E-state index in [0.717, 1.165) is 12.1 Å². The van der Waals surface area contributed by atoms with E-state index in [1.54, 1.807) is 0 Å². The average molecular weight is 262 g/mol. The Morgan fingerprint density at radius 2 is 1.83 bits per heavy atom. The standard InChI is InChI=1S/C11H7F5N2/c12-8-4-3-6(10(13)18-8)9-7(11(14,15)16)2-1-5-17-9/h3-5H,1-2H2. The van der Waals surface area contributed by atoms with Crippen molar-refractivity contribution in [1.29, 1.82) is 0 Å². The topological polar surface area (TPSA) is 25.2 Å². The van der Waals surface area contributed by atoms with Gasteiger partial charge >= 0.3 is 6.18 Å². The fourth-order valence-corrected chi connectivity index (χ4v) is 1.66. The molecule has 0 radical (unpaired) electrons. The van der Waals surface area contributed by atoms with Gasteiger partial charge in [-0.1, -0.05) is 0 Å². The minimum Gasteiger partial charge on any atom is -0.260 e. The lowest BCUT2D eigenvalue weighted by Gasteiger charge is -2.18. The van der Waals surface area contributed by atoms with Gasteiger partial charge in [0.05, 0.1) is 16.8 Å². The number of pyridine rings is 1. The quantitative estimate of drug-likeness (QED) is 0.561. The molecule has 18 heavy (non-hydrogen) atoms. The summed E-state index contributed by atoms with van der Waals surface area (Å²) in [6, 6.07) is 1.70. The van der Waals surface area contributed by atoms with Crippen LogP contribution in [0.3, 0.4) is 0 Å². The van der Waals surface area contributed by atoms with Crippen molar-refractivity contribution < 1.29 is 22.0 Å². The first-order valence-corrected chi connectivity index (χ1v) is 5.05. The Kier molecular flexibility index (Phi) is 3.14. The van der Waals surface area contributed by atoms with Crippen LogP contribution in [0.25, 0.3) is 5.70 Å². The molecule has 0 spiro atoms. The number of halogens is 5. The van der Waals surface area contributed by atoms with Gasteiger partial charge in [0.2, 0.25) is 11.9 Å². The number of aliphatic imine (C=N–C) groups is 1. The third kappa shape index (κ3) is 2.39. The van der Waals surface area contributed by atoms with Crippen LogP contribution in [0.2, 0.25) is 0 Å². The predicted octanol–water partition coefficient (Wildman–Crippen LogP) is 3.50. The summed E-state index contributed by atoms with van der Waals surface area (Å²) in [5.74, 6) is -2.39. The summed E-state index contributed by atoms with van der Waals surface area (Å²) in [5.41, 5.74) is -1.89. The molecule has 0 aliphatic carbocycles. The predicted molar refractivity (Wildman–Crippen MR) is 54.9 cm³/mol. The Balaban J connectivity index is 2.59. The van der Waals surface area contributed by atoms with E-state index in [4.69, 9.17) is 0 Å². The van der Waals surface area contributed by atoms with Crippen LogP contribution in [0.4, 0.5) is 22.0 Å². The third-order valence-corrected chi connectivity index (χ3v) is 2.44. The van der Waals surface area contributed by atoms with Gasteiger partial charge in [-0.15, -0.1) is 0 Å². The Morgan fingerprint density at radius 3 is 2.44 bits per heavy atom. The normalized spacial score (nSPS) is 16.3. The SMILES string of the molecule is Fc1ccc(C2=C(C(F)(F)F)CCC=N2)c(F)n1. The van der Waals surface area contributed by atoms with Gasteiger partial charge in [-0.05, 0) is 25.0 Å². The summed E-state index contributed by atoms with van der Waals surface area (Å²) in [6.45, 7) is 0. The van der Waals surface area contributed by atoms with E-state index in [0.29, 0.717) is 0 Å². The second-order valence-corrected chi connectivity index (χ2v) is 3.65. The highest BCUT2D eigenvalue weighted by molar-refractivity contribution is 5.79. The van der Waals surface area contributed by atoms with Gasteiger partial charge in [0.1, 0.15) is 0 Å². The highest BCUT2D eigenvalue weighted by atomic mass is 19.4. The van der Waals surface area contributed by atoms with E-state index in [1.807, 2.05) is 0 Å². The van der Waals surface area contributed by atoms with E-state index < -0.39 is 34.9 Å². The van der Waals surface area contributed by atoms with Gasteiger partial charge < -0.3 is 0 Å². The molecule has 2 nitrogen and oxygen atoms in total. The molecular weight excluding hydrogens is 255 g/mol. The summed E-state index contributed by atoms with van der Waals surface area (Å²) in [4.78, 5) is 6.43. The van der Waals surface area contributed by atoms with Gasteiger partial charge in [-0.2, -0.15) is 26.9 Å². The van der Waals surface area contributed by atoms with Crippen LogP contribution in [-0.4, -0.2) is 17.4 Å². The van der Waals surface area contributed by atoms with E-state index in [-0.39, 0.29) is 12.8 Å². The van der Waals surface area contributed by atoms with E-state index in [1.165, 1.54) is 6.21 Å². The second-order valence-electron chi connectivity index (χ2n) is 3.65. The Hall–Kier alpha value is -1.79. The highest BCUT2D eigenvalue weighted by Crippen LogP contribution is 2.38. The monoisotopic (exact) mass is 262 g/mol. The molecular formula is C11H7F5N2. The van der Waals surface area contributed by atoms with E-state index >= 15 is 0 Å². The van der Waals surface area contributed by atoms with Gasteiger partial charge in [-0.25, -0.2) is 0 Å². The number of aromatic nitrogens is 1. The van der Waals surface area contributed by atoms with Crippen LogP contribution in [0, 0.1) is 11.9 Å². The summed E-state index contributed by atoms with van der Waals surface area (Å²) < 4.78 is 64.2. The summed E-state index contributed by atoms with van der Waals surface area (Å²) in [7, 11) is 0. The number of hydrogen-bond acceptors (Lipinski definition) is 2. The van der Waals surface area contributed by atoms with Crippen molar-refractivity contribution in [1.82, 2.24) is 4.98 Å². The lowest BCUT2D eigenvalue weighted by molar-refractivity contribution is -0.0933. The lowest BCUT2D eigenvalue weighted by Crippen LogP contribution is -2.16. The maximum atomic E-state index is 13.4. The van der Waals surface area contributed by atoms with Crippen molar-refractivity contribution in [3.8, 4) is 0 Å². The molecule has 0 amide bonds. The molecule has 0 atom stereocenters. The van der Waals surface area contributed by atoms with Crippen LogP contribution >= 0.6 is 0 Å². The van der Waals surface area contributed by atoms with Gasteiger partial charge in [0, 0.05) is 6.21 Å². The maximum absolute atomic E-state index is 13.4. The summed E-state index contributed by atoms with van der Waals surface area (Å²) in [5, 5.41) is 0. The zero-order valence-electron chi connectivity index (χ0n) is 8.93. The molecule has 0 unspecified atom stereocenters. The Morgan fingerprint density at radius 1 is 1.11 bits per heavy atom. The van der Waals surface area contributed by atoms with Gasteiger partial charge in [0.15, 0.2) is 0 Å². The molecule has 1 aromatic heterocycles. The van der Waals surface area contributed by atoms with Crippen LogP contribution in [0.5, 0.6) is 0 Å². The molecule has 0 saturated carbocycles. The first-order chi connectivity index (χ1) is 8.39. The smallest absolute Gasteiger partial charge is 0.260 e. The molecule has 1 aliphatic rings. The third-order valence-electron chi connectivity index (χ3n) is 2.44. The summed E-state index contributed by atoms with van der Waals surface area (Å²) in [6.07, 6.45) is -3.46. The minimum atomic E-state index is -4.59. The average Bonchev–Trinajstić information content (AvgIpc) is 2.28. The molecule has 0 fully saturated rings. The largest absolute Gasteiger partial charge is 0.414 e. The van der Waals surface area contributed by atoms with Crippen LogP contribution < -0.4 is 0 Å². The maximum Gasteiger partial charge on any atom is 0.414 e. The van der Waals surface area contributed by atoms with E-state index in [2.05, 4.69) is 9.98 Å². The zero-order valence-corrected chi connectivity index (χ0v) is 8.93. The Bertz CT molecular complexity index is 531. The van der Waals surface area contributed by atoms with Gasteiger partial charge in [-0.3, -0.25) is 4.99 Å². The zero-order chi connectivity index (χ0) is 13.3. The van der Waals surface area contributed by atoms with Gasteiger partial charge in [0.25, 0.3) is 0 Å². The van der Waals surface area contributed by atoms with Crippen LogP contribution in [0.1, 0.15) is 18.4 Å². The molecule has 1 aliphatic heterocycles. The molecule has 0 saturated heterocycles. The Labute approximate surface area is 98.9 Å². The van der Waals surface area contributed by atoms with Crippen molar-refractivity contribution in [2.75, 3.05) is 0 Å². The molecule has 2 rings (SSSR count). The number of hydrogen-bond donors (Lipinski definition) is 0. The number of alkyl halides is 3. The fourth-order valence-electron chi connectivity index (χ4n) is 1.66. The van der Waals surface area contributed by atoms with Crippen LogP contribution in [0.15, 0.2) is 22.7 Å². The number of rotatable bonds is 1. The minimum absolute atomic E-state index is 0.134. The summed E-state index contributed by atoms with van der Waals surface area (Å²) >= 11 is 0. The lowest BCUT2D eigenvalue weighted by atomic mass is 10.0. The first kappa shape index (κ1) is 12.7. The molecule has 0 aromatic carbocycles. The van der Waals surface area contributed by atoms with Crippen LogP contribution in [-0.2, 0) is 0 Å². The van der Waals surface area contributed by atoms with Crippen molar-refractivity contribution in [2.24, 2.45) is 4.99 Å². The van der Waals surface area contributed by atoms with Crippen molar-refractivity contribution in [3.05, 3.63) is 35.2 Å². The number of nitrogens with zero attached hydrogens (tertiary/aromatic N) is 2. The number of allylic oxidation sites excluding steroid dienone is 1. The highest BCUT2D eigenvalue weighted by Gasteiger charge is 2.37. The first-order valence-electron chi connectivity index (χ1n) is 5.05. The molecule has 96 valence electrons. The molecule has 7 heteroatoms. The molecule has 0 bridgehead atoms. The van der Waals surface area contributed by atoms with E-state index in [9.17, 15) is 22.0 Å². The van der Waals surface area contributed by atoms with Crippen molar-refractivity contribution in [3.63, 3.8) is 0 Å². The molecule has 0 N–H and O–H groups in total. The molecule has 2 heterocycles. The van der Waals surface area contributed by atoms with Crippen molar-refractivity contribution in [2.45, 2.75) is 19.0 Å². The molecule has 1 aromatic rings.